The van der Waals surface area contributed by atoms with E-state index in [4.69, 9.17) is 5.11 Å². The van der Waals surface area contributed by atoms with Crippen molar-refractivity contribution in [3.05, 3.63) is 89.7 Å². The van der Waals surface area contributed by atoms with E-state index in [9.17, 15) is 9.18 Å². The van der Waals surface area contributed by atoms with Gasteiger partial charge in [-0.25, -0.2) is 4.39 Å². The van der Waals surface area contributed by atoms with E-state index in [-0.39, 0.29) is 13.2 Å². The Hall–Kier alpha value is -3.27. The van der Waals surface area contributed by atoms with Crippen LogP contribution < -0.4 is 0 Å². The number of nitrogens with zero attached hydrogens (tertiary/aromatic N) is 1. The minimum absolute atomic E-state index is 0. The molecule has 3 nitrogen and oxygen atoms in total. The molecule has 0 saturated heterocycles. The fraction of sp³-hybridized carbons (Fsp3) is 0.355. The Balaban J connectivity index is 0.000000305. The second-order valence-electron chi connectivity index (χ2n) is 9.30. The summed E-state index contributed by atoms with van der Waals surface area (Å²) in [6.07, 6.45) is 5.06. The standard InChI is InChI=1S/C21H18FN.C9H16O2.CH4/c1-15-14-20(22)12-13-21(15)23-16(2)17-8-10-19(11-9-17)18-6-4-3-5-7-18;1-7-2-4-8(5-3-7)6-9(10)11;/h3-14H,1-2H3;7-8H,2-6H2,1H3,(H,10,11);1H4. The van der Waals surface area contributed by atoms with Crippen molar-refractivity contribution in [2.45, 2.75) is 60.3 Å². The summed E-state index contributed by atoms with van der Waals surface area (Å²) in [5.74, 6) is 0.416. The van der Waals surface area contributed by atoms with Crippen LogP contribution in [-0.4, -0.2) is 16.8 Å². The highest BCUT2D eigenvalue weighted by Gasteiger charge is 2.19. The first-order valence-corrected chi connectivity index (χ1v) is 12.0. The zero-order valence-electron chi connectivity index (χ0n) is 20.3. The topological polar surface area (TPSA) is 49.7 Å². The van der Waals surface area contributed by atoms with Crippen molar-refractivity contribution in [2.24, 2.45) is 16.8 Å². The molecule has 0 aromatic heterocycles. The summed E-state index contributed by atoms with van der Waals surface area (Å²) in [5.41, 5.74) is 6.00. The van der Waals surface area contributed by atoms with Crippen molar-refractivity contribution in [1.29, 1.82) is 0 Å². The number of benzene rings is 3. The average molecular weight is 476 g/mol. The Kier molecular flexibility index (Phi) is 10.8. The van der Waals surface area contributed by atoms with E-state index in [2.05, 4.69) is 48.3 Å². The quantitative estimate of drug-likeness (QED) is 0.375. The molecule has 3 aromatic carbocycles. The normalized spacial score (nSPS) is 17.5. The fourth-order valence-electron chi connectivity index (χ4n) is 4.30. The molecule has 1 aliphatic carbocycles. The predicted octanol–water partition coefficient (Wildman–Crippen LogP) is 8.87. The fourth-order valence-corrected chi connectivity index (χ4v) is 4.30. The molecule has 0 aliphatic heterocycles. The SMILES string of the molecule is C.CC(=Nc1ccc(F)cc1C)c1ccc(-c2ccccc2)cc1.CC1CCC(CC(=O)O)CC1. The van der Waals surface area contributed by atoms with Crippen LogP contribution in [0.1, 0.15) is 64.5 Å². The van der Waals surface area contributed by atoms with Crippen LogP contribution in [-0.2, 0) is 4.79 Å². The smallest absolute Gasteiger partial charge is 0.303 e. The van der Waals surface area contributed by atoms with Gasteiger partial charge >= 0.3 is 5.97 Å². The maximum Gasteiger partial charge on any atom is 0.303 e. The van der Waals surface area contributed by atoms with Gasteiger partial charge in [0, 0.05) is 12.1 Å². The van der Waals surface area contributed by atoms with Crippen molar-refractivity contribution in [2.75, 3.05) is 0 Å². The Morgan fingerprint density at radius 1 is 0.943 bits per heavy atom. The van der Waals surface area contributed by atoms with Crippen LogP contribution >= 0.6 is 0 Å². The summed E-state index contributed by atoms with van der Waals surface area (Å²) < 4.78 is 13.2. The Morgan fingerprint density at radius 2 is 1.54 bits per heavy atom. The number of rotatable bonds is 5. The second-order valence-corrected chi connectivity index (χ2v) is 9.30. The highest BCUT2D eigenvalue weighted by Crippen LogP contribution is 2.30. The molecule has 0 unspecified atom stereocenters. The van der Waals surface area contributed by atoms with Crippen LogP contribution in [0.25, 0.3) is 11.1 Å². The second kappa shape index (κ2) is 13.6. The highest BCUT2D eigenvalue weighted by molar-refractivity contribution is 6.00. The number of aryl methyl sites for hydroxylation is 1. The van der Waals surface area contributed by atoms with Crippen molar-refractivity contribution in [1.82, 2.24) is 0 Å². The molecule has 4 rings (SSSR count). The van der Waals surface area contributed by atoms with Gasteiger partial charge in [-0.05, 0) is 79.0 Å². The lowest BCUT2D eigenvalue weighted by atomic mass is 9.81. The highest BCUT2D eigenvalue weighted by atomic mass is 19.1. The van der Waals surface area contributed by atoms with Crippen molar-refractivity contribution in [3.8, 4) is 11.1 Å². The summed E-state index contributed by atoms with van der Waals surface area (Å²) in [6, 6.07) is 23.3. The summed E-state index contributed by atoms with van der Waals surface area (Å²) in [4.78, 5) is 15.0. The van der Waals surface area contributed by atoms with Gasteiger partial charge in [-0.2, -0.15) is 0 Å². The third kappa shape index (κ3) is 8.79. The Bertz CT molecular complexity index is 1100. The molecule has 0 heterocycles. The molecule has 35 heavy (non-hydrogen) atoms. The molecule has 1 aliphatic rings. The lowest BCUT2D eigenvalue weighted by Crippen LogP contribution is -2.15. The average Bonchev–Trinajstić information content (AvgIpc) is 2.83. The maximum absolute atomic E-state index is 13.2. The van der Waals surface area contributed by atoms with Gasteiger partial charge in [-0.1, -0.05) is 81.8 Å². The molecular weight excluding hydrogens is 437 g/mol. The monoisotopic (exact) mass is 475 g/mol. The number of hydrogen-bond donors (Lipinski definition) is 1. The lowest BCUT2D eigenvalue weighted by molar-refractivity contribution is -0.138. The van der Waals surface area contributed by atoms with Gasteiger partial charge in [0.15, 0.2) is 0 Å². The lowest BCUT2D eigenvalue weighted by Gasteiger charge is -2.24. The van der Waals surface area contributed by atoms with E-state index >= 15 is 0 Å². The first-order valence-electron chi connectivity index (χ1n) is 12.0. The molecule has 3 aromatic rings. The zero-order valence-corrected chi connectivity index (χ0v) is 20.3. The third-order valence-corrected chi connectivity index (χ3v) is 6.46. The number of carboxylic acid groups (broad SMARTS) is 1. The molecule has 0 bridgehead atoms. The summed E-state index contributed by atoms with van der Waals surface area (Å²) in [7, 11) is 0. The molecule has 0 amide bonds. The van der Waals surface area contributed by atoms with E-state index in [1.807, 2.05) is 32.0 Å². The van der Waals surface area contributed by atoms with E-state index in [0.29, 0.717) is 12.3 Å². The number of aliphatic carboxylic acids is 1. The molecule has 0 spiro atoms. The molecule has 186 valence electrons. The van der Waals surface area contributed by atoms with Crippen LogP contribution in [0, 0.1) is 24.6 Å². The van der Waals surface area contributed by atoms with Crippen LogP contribution in [0.5, 0.6) is 0 Å². The van der Waals surface area contributed by atoms with Crippen LogP contribution in [0.15, 0.2) is 77.8 Å². The minimum atomic E-state index is -0.635. The van der Waals surface area contributed by atoms with Gasteiger partial charge in [0.1, 0.15) is 5.82 Å². The summed E-state index contributed by atoms with van der Waals surface area (Å²) in [6.45, 7) is 6.09. The van der Waals surface area contributed by atoms with Crippen molar-refractivity contribution in [3.63, 3.8) is 0 Å². The molecule has 0 radical (unpaired) electrons. The van der Waals surface area contributed by atoms with Gasteiger partial charge in [0.05, 0.1) is 5.69 Å². The van der Waals surface area contributed by atoms with Gasteiger partial charge < -0.3 is 5.11 Å². The third-order valence-electron chi connectivity index (χ3n) is 6.46. The van der Waals surface area contributed by atoms with E-state index in [1.165, 1.54) is 36.1 Å². The van der Waals surface area contributed by atoms with E-state index in [1.54, 1.807) is 6.07 Å². The Labute approximate surface area is 209 Å². The van der Waals surface area contributed by atoms with Crippen LogP contribution in [0.4, 0.5) is 10.1 Å². The number of carbonyl (C=O) groups is 1. The molecule has 1 N–H and O–H groups in total. The van der Waals surface area contributed by atoms with E-state index < -0.39 is 5.97 Å². The van der Waals surface area contributed by atoms with Crippen molar-refractivity contribution >= 4 is 17.4 Å². The van der Waals surface area contributed by atoms with Gasteiger partial charge in [0.2, 0.25) is 0 Å². The largest absolute Gasteiger partial charge is 0.481 e. The number of carboxylic acids is 1. The predicted molar refractivity (Wildman–Crippen MR) is 145 cm³/mol. The number of hydrogen-bond acceptors (Lipinski definition) is 2. The Morgan fingerprint density at radius 3 is 2.11 bits per heavy atom. The van der Waals surface area contributed by atoms with E-state index in [0.717, 1.165) is 41.3 Å². The molecule has 4 heteroatoms. The van der Waals surface area contributed by atoms with Crippen molar-refractivity contribution < 1.29 is 14.3 Å². The van der Waals surface area contributed by atoms with Gasteiger partial charge in [0.25, 0.3) is 0 Å². The van der Waals surface area contributed by atoms with Crippen LogP contribution in [0.2, 0.25) is 0 Å². The zero-order chi connectivity index (χ0) is 24.5. The van der Waals surface area contributed by atoms with Crippen LogP contribution in [0.3, 0.4) is 0 Å². The summed E-state index contributed by atoms with van der Waals surface area (Å²) >= 11 is 0. The minimum Gasteiger partial charge on any atom is -0.481 e. The molecule has 0 atom stereocenters. The first kappa shape index (κ1) is 28.0. The molecule has 1 fully saturated rings. The number of aliphatic imine (C=N–C) groups is 1. The van der Waals surface area contributed by atoms with Gasteiger partial charge in [-0.15, -0.1) is 0 Å². The molecular formula is C31H38FNO2. The summed E-state index contributed by atoms with van der Waals surface area (Å²) in [5, 5.41) is 8.53. The maximum atomic E-state index is 13.2. The first-order chi connectivity index (χ1) is 16.3. The molecule has 1 saturated carbocycles. The number of halogens is 1. The van der Waals surface area contributed by atoms with Gasteiger partial charge in [-0.3, -0.25) is 9.79 Å².